The molecule has 7 heteroatoms. The van der Waals surface area contributed by atoms with Crippen molar-refractivity contribution in [2.75, 3.05) is 0 Å². The van der Waals surface area contributed by atoms with Crippen molar-refractivity contribution in [3.8, 4) is 11.6 Å². The molecule has 2 aromatic rings. The van der Waals surface area contributed by atoms with Gasteiger partial charge in [0, 0.05) is 10.7 Å². The lowest BCUT2D eigenvalue weighted by molar-refractivity contribution is 0.446. The van der Waals surface area contributed by atoms with E-state index in [0.717, 1.165) is 24.0 Å². The first kappa shape index (κ1) is 16.9. The van der Waals surface area contributed by atoms with Gasteiger partial charge in [0.15, 0.2) is 0 Å². The fourth-order valence-electron chi connectivity index (χ4n) is 2.37. The summed E-state index contributed by atoms with van der Waals surface area (Å²) in [7, 11) is -3.95. The van der Waals surface area contributed by atoms with Crippen LogP contribution >= 0.6 is 15.9 Å². The molecule has 124 valence electrons. The standard InChI is InChI=1S/C17H15BrN2O3S/c18-14-10-16(24(19,21)22)17(20-11-14)23-15-8-4-7-13(9-15)12-5-2-1-3-6-12/h2,4-11H,1,3H2,(H2,19,21,22). The fourth-order valence-corrected chi connectivity index (χ4v) is 3.48. The van der Waals surface area contributed by atoms with Gasteiger partial charge in [-0.25, -0.2) is 18.5 Å². The van der Waals surface area contributed by atoms with Gasteiger partial charge in [0.1, 0.15) is 10.6 Å². The first-order valence-corrected chi connectivity index (χ1v) is 9.61. The number of hydrogen-bond acceptors (Lipinski definition) is 4. The van der Waals surface area contributed by atoms with Gasteiger partial charge in [0.05, 0.1) is 0 Å². The second-order valence-corrected chi connectivity index (χ2v) is 7.72. The number of benzene rings is 1. The largest absolute Gasteiger partial charge is 0.438 e. The Morgan fingerprint density at radius 1 is 1.21 bits per heavy atom. The molecule has 0 amide bonds. The monoisotopic (exact) mass is 406 g/mol. The highest BCUT2D eigenvalue weighted by molar-refractivity contribution is 9.10. The van der Waals surface area contributed by atoms with E-state index in [1.165, 1.54) is 12.3 Å². The zero-order chi connectivity index (χ0) is 17.2. The maximum absolute atomic E-state index is 11.7. The summed E-state index contributed by atoms with van der Waals surface area (Å²) >= 11 is 3.18. The van der Waals surface area contributed by atoms with Crippen molar-refractivity contribution in [1.82, 2.24) is 4.98 Å². The Morgan fingerprint density at radius 3 is 2.75 bits per heavy atom. The molecule has 0 atom stereocenters. The summed E-state index contributed by atoms with van der Waals surface area (Å²) in [5.74, 6) is 0.443. The molecule has 3 rings (SSSR count). The van der Waals surface area contributed by atoms with Crippen LogP contribution in [0.15, 0.2) is 64.1 Å². The van der Waals surface area contributed by atoms with Gasteiger partial charge in [-0.2, -0.15) is 0 Å². The van der Waals surface area contributed by atoms with E-state index >= 15 is 0 Å². The molecule has 1 heterocycles. The molecule has 0 bridgehead atoms. The van der Waals surface area contributed by atoms with Crippen molar-refractivity contribution in [1.29, 1.82) is 0 Å². The minimum Gasteiger partial charge on any atom is -0.438 e. The molecule has 1 aromatic carbocycles. The molecule has 1 aliphatic rings. The SMILES string of the molecule is NS(=O)(=O)c1cc(Br)cnc1Oc1cccc(C2=CCCC=C2)c1. The predicted octanol–water partition coefficient (Wildman–Crippen LogP) is 4.02. The molecule has 5 nitrogen and oxygen atoms in total. The van der Waals surface area contributed by atoms with Crippen molar-refractivity contribution in [2.24, 2.45) is 5.14 Å². The number of sulfonamides is 1. The third-order valence-corrected chi connectivity index (χ3v) is 4.81. The normalized spacial score (nSPS) is 14.3. The number of hydrogen-bond donors (Lipinski definition) is 1. The summed E-state index contributed by atoms with van der Waals surface area (Å²) in [6.07, 6.45) is 9.85. The number of primary sulfonamides is 1. The van der Waals surface area contributed by atoms with Crippen molar-refractivity contribution >= 4 is 31.5 Å². The Labute approximate surface area is 149 Å². The zero-order valence-electron chi connectivity index (χ0n) is 12.6. The van der Waals surface area contributed by atoms with Crippen molar-refractivity contribution in [3.05, 3.63) is 64.8 Å². The second-order valence-electron chi connectivity index (χ2n) is 5.27. The Bertz CT molecular complexity index is 937. The van der Waals surface area contributed by atoms with Crippen LogP contribution in [-0.4, -0.2) is 13.4 Å². The highest BCUT2D eigenvalue weighted by Crippen LogP contribution is 2.30. The van der Waals surface area contributed by atoms with E-state index in [1.54, 1.807) is 6.07 Å². The van der Waals surface area contributed by atoms with Gasteiger partial charge in [-0.05, 0) is 58.1 Å². The number of halogens is 1. The quantitative estimate of drug-likeness (QED) is 0.830. The average molecular weight is 407 g/mol. The number of rotatable bonds is 4. The van der Waals surface area contributed by atoms with Crippen LogP contribution in [0.2, 0.25) is 0 Å². The Hall–Kier alpha value is -1.96. The molecular weight excluding hydrogens is 392 g/mol. The molecule has 2 N–H and O–H groups in total. The topological polar surface area (TPSA) is 82.3 Å². The minimum absolute atomic E-state index is 0.0500. The summed E-state index contributed by atoms with van der Waals surface area (Å²) in [5.41, 5.74) is 2.11. The van der Waals surface area contributed by atoms with Gasteiger partial charge in [-0.15, -0.1) is 0 Å². The van der Waals surface area contributed by atoms with Gasteiger partial charge < -0.3 is 4.74 Å². The smallest absolute Gasteiger partial charge is 0.243 e. The van der Waals surface area contributed by atoms with E-state index in [4.69, 9.17) is 9.88 Å². The van der Waals surface area contributed by atoms with Crippen LogP contribution in [-0.2, 0) is 10.0 Å². The van der Waals surface area contributed by atoms with Crippen LogP contribution < -0.4 is 9.88 Å². The molecular formula is C17H15BrN2O3S. The maximum Gasteiger partial charge on any atom is 0.243 e. The Morgan fingerprint density at radius 2 is 2.04 bits per heavy atom. The van der Waals surface area contributed by atoms with Gasteiger partial charge in [0.25, 0.3) is 0 Å². The van der Waals surface area contributed by atoms with Crippen LogP contribution in [0.1, 0.15) is 18.4 Å². The van der Waals surface area contributed by atoms with Crippen molar-refractivity contribution in [2.45, 2.75) is 17.7 Å². The number of nitrogens with two attached hydrogens (primary N) is 1. The van der Waals surface area contributed by atoms with E-state index in [1.807, 2.05) is 18.2 Å². The molecule has 24 heavy (non-hydrogen) atoms. The summed E-state index contributed by atoms with van der Waals surface area (Å²) in [4.78, 5) is 3.86. The molecule has 0 radical (unpaired) electrons. The molecule has 0 fully saturated rings. The van der Waals surface area contributed by atoms with E-state index in [-0.39, 0.29) is 10.8 Å². The lowest BCUT2D eigenvalue weighted by Gasteiger charge is -2.11. The average Bonchev–Trinajstić information content (AvgIpc) is 2.57. The third-order valence-electron chi connectivity index (χ3n) is 3.47. The number of pyridine rings is 1. The molecule has 0 saturated carbocycles. The van der Waals surface area contributed by atoms with Crippen LogP contribution in [0, 0.1) is 0 Å². The molecule has 0 saturated heterocycles. The van der Waals surface area contributed by atoms with Crippen LogP contribution in [0.25, 0.3) is 5.57 Å². The van der Waals surface area contributed by atoms with E-state index in [9.17, 15) is 8.42 Å². The van der Waals surface area contributed by atoms with Crippen LogP contribution in [0.5, 0.6) is 11.6 Å². The van der Waals surface area contributed by atoms with Crippen molar-refractivity contribution < 1.29 is 13.2 Å². The molecule has 1 aliphatic carbocycles. The maximum atomic E-state index is 11.7. The van der Waals surface area contributed by atoms with Gasteiger partial charge >= 0.3 is 0 Å². The molecule has 0 unspecified atom stereocenters. The zero-order valence-corrected chi connectivity index (χ0v) is 15.0. The fraction of sp³-hybridized carbons (Fsp3) is 0.118. The molecule has 1 aromatic heterocycles. The van der Waals surface area contributed by atoms with Gasteiger partial charge in [-0.1, -0.05) is 30.4 Å². The van der Waals surface area contributed by atoms with Crippen molar-refractivity contribution in [3.63, 3.8) is 0 Å². The molecule has 0 aliphatic heterocycles. The lowest BCUT2D eigenvalue weighted by atomic mass is 9.99. The first-order valence-electron chi connectivity index (χ1n) is 7.27. The number of aromatic nitrogens is 1. The highest BCUT2D eigenvalue weighted by Gasteiger charge is 2.18. The highest BCUT2D eigenvalue weighted by atomic mass is 79.9. The number of allylic oxidation sites excluding steroid dienone is 4. The lowest BCUT2D eigenvalue weighted by Crippen LogP contribution is -2.14. The van der Waals surface area contributed by atoms with E-state index in [2.05, 4.69) is 39.1 Å². The van der Waals surface area contributed by atoms with E-state index < -0.39 is 10.0 Å². The summed E-state index contributed by atoms with van der Waals surface area (Å²) in [6, 6.07) is 8.78. The van der Waals surface area contributed by atoms with Gasteiger partial charge in [-0.3, -0.25) is 0 Å². The number of nitrogens with zero attached hydrogens (tertiary/aromatic N) is 1. The predicted molar refractivity (Wildman–Crippen MR) is 96.2 cm³/mol. The van der Waals surface area contributed by atoms with Crippen LogP contribution in [0.4, 0.5) is 0 Å². The molecule has 0 spiro atoms. The Balaban J connectivity index is 1.95. The second kappa shape index (κ2) is 6.88. The third kappa shape index (κ3) is 3.92. The summed E-state index contributed by atoms with van der Waals surface area (Å²) in [6.45, 7) is 0. The number of ether oxygens (including phenoxy) is 1. The Kier molecular flexibility index (Phi) is 4.84. The first-order chi connectivity index (χ1) is 11.4. The summed E-state index contributed by atoms with van der Waals surface area (Å²) < 4.78 is 29.6. The minimum atomic E-state index is -3.95. The van der Waals surface area contributed by atoms with Gasteiger partial charge in [0.2, 0.25) is 15.9 Å². The van der Waals surface area contributed by atoms with E-state index in [0.29, 0.717) is 10.2 Å². The summed E-state index contributed by atoms with van der Waals surface area (Å²) in [5, 5.41) is 5.24. The van der Waals surface area contributed by atoms with Crippen LogP contribution in [0.3, 0.4) is 0 Å².